The number of ether oxygens (including phenoxy) is 2. The quantitative estimate of drug-likeness (QED) is 0.831. The van der Waals surface area contributed by atoms with E-state index in [4.69, 9.17) is 9.47 Å². The Morgan fingerprint density at radius 1 is 1.36 bits per heavy atom. The van der Waals surface area contributed by atoms with E-state index in [2.05, 4.69) is 5.32 Å². The molecule has 8 heteroatoms. The molecular formula is C14H20N2O5S. The number of hydrogen-bond donors (Lipinski definition) is 1. The lowest BCUT2D eigenvalue weighted by atomic mass is 10.2. The van der Waals surface area contributed by atoms with Crippen molar-refractivity contribution in [3.63, 3.8) is 0 Å². The van der Waals surface area contributed by atoms with Crippen molar-refractivity contribution < 1.29 is 22.7 Å². The zero-order valence-electron chi connectivity index (χ0n) is 12.7. The second kappa shape index (κ2) is 7.08. The van der Waals surface area contributed by atoms with Crippen LogP contribution >= 0.6 is 0 Å². The van der Waals surface area contributed by atoms with Crippen LogP contribution in [0, 0.1) is 6.92 Å². The minimum atomic E-state index is -3.52. The third-order valence-corrected chi connectivity index (χ3v) is 5.29. The molecule has 122 valence electrons. The van der Waals surface area contributed by atoms with Gasteiger partial charge in [-0.1, -0.05) is 0 Å². The van der Waals surface area contributed by atoms with E-state index >= 15 is 0 Å². The van der Waals surface area contributed by atoms with Gasteiger partial charge in [-0.2, -0.15) is 4.31 Å². The van der Waals surface area contributed by atoms with Crippen molar-refractivity contribution >= 4 is 15.9 Å². The lowest BCUT2D eigenvalue weighted by molar-refractivity contribution is -0.122. The molecule has 0 saturated carbocycles. The summed E-state index contributed by atoms with van der Waals surface area (Å²) in [5, 5.41) is 2.45. The minimum absolute atomic E-state index is 0.104. The molecule has 1 aromatic rings. The van der Waals surface area contributed by atoms with Gasteiger partial charge in [-0.25, -0.2) is 8.42 Å². The number of likely N-dealkylation sites (N-methyl/N-ethyl adjacent to an activating group) is 1. The van der Waals surface area contributed by atoms with Crippen LogP contribution in [0.5, 0.6) is 5.75 Å². The number of aryl methyl sites for hydroxylation is 1. The Morgan fingerprint density at radius 2 is 2.05 bits per heavy atom. The summed E-state index contributed by atoms with van der Waals surface area (Å²) < 4.78 is 37.0. The molecule has 0 aromatic heterocycles. The van der Waals surface area contributed by atoms with Crippen LogP contribution in [0.25, 0.3) is 0 Å². The second-order valence-electron chi connectivity index (χ2n) is 4.91. The first-order chi connectivity index (χ1) is 10.4. The van der Waals surface area contributed by atoms with Crippen LogP contribution in [0.15, 0.2) is 23.1 Å². The molecule has 1 aromatic carbocycles. The van der Waals surface area contributed by atoms with Gasteiger partial charge in [0.2, 0.25) is 10.0 Å². The Hall–Kier alpha value is -1.64. The second-order valence-corrected chi connectivity index (χ2v) is 6.84. The lowest BCUT2D eigenvalue weighted by Crippen LogP contribution is -2.40. The maximum atomic E-state index is 12.5. The van der Waals surface area contributed by atoms with E-state index in [9.17, 15) is 13.2 Å². The molecule has 7 nitrogen and oxygen atoms in total. The Kier molecular flexibility index (Phi) is 5.38. The maximum absolute atomic E-state index is 12.5. The highest BCUT2D eigenvalue weighted by Gasteiger charge is 2.26. The number of carbonyl (C=O) groups is 1. The summed E-state index contributed by atoms with van der Waals surface area (Å²) in [5.41, 5.74) is 0.665. The summed E-state index contributed by atoms with van der Waals surface area (Å²) in [6.45, 7) is 3.17. The lowest BCUT2D eigenvalue weighted by Gasteiger charge is -2.26. The maximum Gasteiger partial charge on any atom is 0.257 e. The Morgan fingerprint density at radius 3 is 2.64 bits per heavy atom. The number of nitrogens with zero attached hydrogens (tertiary/aromatic N) is 1. The van der Waals surface area contributed by atoms with Gasteiger partial charge in [0.1, 0.15) is 5.75 Å². The van der Waals surface area contributed by atoms with E-state index in [1.165, 1.54) is 17.4 Å². The average Bonchev–Trinajstić information content (AvgIpc) is 2.54. The zero-order chi connectivity index (χ0) is 16.2. The third-order valence-electron chi connectivity index (χ3n) is 3.39. The largest absolute Gasteiger partial charge is 0.484 e. The third kappa shape index (κ3) is 3.76. The van der Waals surface area contributed by atoms with Crippen molar-refractivity contribution in [1.29, 1.82) is 0 Å². The number of amides is 1. The molecule has 1 fully saturated rings. The highest BCUT2D eigenvalue weighted by molar-refractivity contribution is 7.89. The predicted octanol–water partition coefficient (Wildman–Crippen LogP) is 0.141. The zero-order valence-corrected chi connectivity index (χ0v) is 13.5. The van der Waals surface area contributed by atoms with Crippen LogP contribution in [0.2, 0.25) is 0 Å². The summed E-state index contributed by atoms with van der Waals surface area (Å²) in [6, 6.07) is 4.63. The standard InChI is InChI=1S/C14H20N2O5S/c1-11-9-12(3-4-13(11)21-10-14(17)15-2)22(18,19)16-5-7-20-8-6-16/h3-4,9H,5-8,10H2,1-2H3,(H,15,17). The van der Waals surface area contributed by atoms with Gasteiger partial charge in [0.15, 0.2) is 6.61 Å². The first-order valence-electron chi connectivity index (χ1n) is 6.97. The van der Waals surface area contributed by atoms with Crippen molar-refractivity contribution in [1.82, 2.24) is 9.62 Å². The molecular weight excluding hydrogens is 308 g/mol. The number of benzene rings is 1. The number of nitrogens with one attached hydrogen (secondary N) is 1. The highest BCUT2D eigenvalue weighted by Crippen LogP contribution is 2.24. The van der Waals surface area contributed by atoms with Crippen molar-refractivity contribution in [2.75, 3.05) is 40.0 Å². The van der Waals surface area contributed by atoms with E-state index in [0.717, 1.165) is 0 Å². The first kappa shape index (κ1) is 16.7. The molecule has 0 bridgehead atoms. The van der Waals surface area contributed by atoms with Crippen LogP contribution < -0.4 is 10.1 Å². The van der Waals surface area contributed by atoms with Gasteiger partial charge >= 0.3 is 0 Å². The Labute approximate surface area is 130 Å². The fourth-order valence-electron chi connectivity index (χ4n) is 2.10. The highest BCUT2D eigenvalue weighted by atomic mass is 32.2. The van der Waals surface area contributed by atoms with Gasteiger partial charge in [0.05, 0.1) is 18.1 Å². The molecule has 0 unspecified atom stereocenters. The van der Waals surface area contributed by atoms with Crippen LogP contribution in [-0.2, 0) is 19.6 Å². The van der Waals surface area contributed by atoms with Gasteiger partial charge < -0.3 is 14.8 Å². The number of hydrogen-bond acceptors (Lipinski definition) is 5. The molecule has 1 aliphatic rings. The van der Waals surface area contributed by atoms with Gasteiger partial charge in [-0.15, -0.1) is 0 Å². The summed E-state index contributed by atoms with van der Waals surface area (Å²) in [5.74, 6) is 0.244. The first-order valence-corrected chi connectivity index (χ1v) is 8.41. The summed E-state index contributed by atoms with van der Waals surface area (Å²) in [6.07, 6.45) is 0. The minimum Gasteiger partial charge on any atom is -0.484 e. The predicted molar refractivity (Wildman–Crippen MR) is 80.3 cm³/mol. The summed E-state index contributed by atoms with van der Waals surface area (Å²) >= 11 is 0. The summed E-state index contributed by atoms with van der Waals surface area (Å²) in [4.78, 5) is 11.4. The number of sulfonamides is 1. The molecule has 1 N–H and O–H groups in total. The smallest absolute Gasteiger partial charge is 0.257 e. The average molecular weight is 328 g/mol. The van der Waals surface area contributed by atoms with Crippen molar-refractivity contribution in [3.8, 4) is 5.75 Å². The number of rotatable bonds is 5. The molecule has 22 heavy (non-hydrogen) atoms. The van der Waals surface area contributed by atoms with E-state index in [0.29, 0.717) is 37.6 Å². The van der Waals surface area contributed by atoms with Crippen LogP contribution in [0.1, 0.15) is 5.56 Å². The fraction of sp³-hybridized carbons (Fsp3) is 0.500. The molecule has 2 rings (SSSR count). The van der Waals surface area contributed by atoms with E-state index < -0.39 is 10.0 Å². The molecule has 1 aliphatic heterocycles. The fourth-order valence-corrected chi connectivity index (χ4v) is 3.59. The molecule has 0 aliphatic carbocycles. The Bertz CT molecular complexity index is 639. The van der Waals surface area contributed by atoms with E-state index in [-0.39, 0.29) is 17.4 Å². The molecule has 1 amide bonds. The van der Waals surface area contributed by atoms with Crippen LogP contribution in [0.3, 0.4) is 0 Å². The van der Waals surface area contributed by atoms with Crippen LogP contribution in [0.4, 0.5) is 0 Å². The monoisotopic (exact) mass is 328 g/mol. The Balaban J connectivity index is 2.15. The SMILES string of the molecule is CNC(=O)COc1ccc(S(=O)(=O)N2CCOCC2)cc1C. The van der Waals surface area contributed by atoms with Gasteiger partial charge in [-0.3, -0.25) is 4.79 Å². The molecule has 1 saturated heterocycles. The molecule has 0 radical (unpaired) electrons. The molecule has 0 spiro atoms. The normalized spacial score (nSPS) is 16.3. The van der Waals surface area contributed by atoms with Crippen molar-refractivity contribution in [2.45, 2.75) is 11.8 Å². The molecule has 0 atom stereocenters. The van der Waals surface area contributed by atoms with Crippen molar-refractivity contribution in [3.05, 3.63) is 23.8 Å². The summed E-state index contributed by atoms with van der Waals surface area (Å²) in [7, 11) is -1.99. The van der Waals surface area contributed by atoms with E-state index in [1.54, 1.807) is 19.1 Å². The molecule has 1 heterocycles. The van der Waals surface area contributed by atoms with Gasteiger partial charge in [0.25, 0.3) is 5.91 Å². The van der Waals surface area contributed by atoms with Gasteiger partial charge in [0, 0.05) is 20.1 Å². The topological polar surface area (TPSA) is 84.9 Å². The van der Waals surface area contributed by atoms with E-state index in [1.807, 2.05) is 0 Å². The number of carbonyl (C=O) groups excluding carboxylic acids is 1. The van der Waals surface area contributed by atoms with Crippen LogP contribution in [-0.4, -0.2) is 58.6 Å². The number of morpholine rings is 1. The van der Waals surface area contributed by atoms with Crippen molar-refractivity contribution in [2.24, 2.45) is 0 Å². The van der Waals surface area contributed by atoms with Gasteiger partial charge in [-0.05, 0) is 30.7 Å².